The van der Waals surface area contributed by atoms with Gasteiger partial charge in [-0.3, -0.25) is 9.36 Å². The van der Waals surface area contributed by atoms with Crippen molar-refractivity contribution in [3.05, 3.63) is 0 Å². The third-order valence-corrected chi connectivity index (χ3v) is 3.36. The summed E-state index contributed by atoms with van der Waals surface area (Å²) in [7, 11) is -3.42. The Balaban J connectivity index is 0. The Morgan fingerprint density at radius 2 is 1.80 bits per heavy atom. The molecule has 0 heterocycles. The first-order valence-electron chi connectivity index (χ1n) is 4.37. The average Bonchev–Trinajstić information content (AvgIpc) is 2.03. The first-order chi connectivity index (χ1) is 6.46. The molecule has 0 aromatic carbocycles. The second-order valence-electron chi connectivity index (χ2n) is 2.52. The van der Waals surface area contributed by atoms with Gasteiger partial charge in [-0.25, -0.2) is 0 Å². The molecule has 0 bridgehead atoms. The maximum Gasteiger partial charge on any atom is 0.367 e. The summed E-state index contributed by atoms with van der Waals surface area (Å²) in [5, 5.41) is 2.28. The molecule has 1 amide bonds. The molecular weight excluding hydrogens is 243 g/mol. The molecule has 0 radical (unpaired) electrons. The highest BCUT2D eigenvalue weighted by Crippen LogP contribution is 2.49. The Bertz CT molecular complexity index is 229. The molecule has 92 valence electrons. The fourth-order valence-electron chi connectivity index (χ4n) is 0.845. The van der Waals surface area contributed by atoms with E-state index >= 15 is 0 Å². The molecule has 0 fully saturated rings. The van der Waals surface area contributed by atoms with Crippen LogP contribution in [-0.4, -0.2) is 25.0 Å². The quantitative estimate of drug-likeness (QED) is 0.550. The minimum atomic E-state index is -3.42. The zero-order chi connectivity index (χ0) is 11.2. The highest BCUT2D eigenvalue weighted by Gasteiger charge is 2.33. The van der Waals surface area contributed by atoms with Gasteiger partial charge in [0.1, 0.15) is 0 Å². The normalized spacial score (nSPS) is 12.8. The van der Waals surface area contributed by atoms with Crippen molar-refractivity contribution in [1.82, 2.24) is 5.32 Å². The molecule has 8 heteroatoms. The molecule has 0 rings (SSSR count). The monoisotopic (exact) mass is 260 g/mol. The zero-order valence-electron chi connectivity index (χ0n) is 9.06. The van der Waals surface area contributed by atoms with Gasteiger partial charge < -0.3 is 20.1 Å². The van der Waals surface area contributed by atoms with Crippen LogP contribution in [0.25, 0.3) is 0 Å². The van der Waals surface area contributed by atoms with E-state index in [1.807, 2.05) is 0 Å². The topological polar surface area (TPSA) is 90.7 Å². The van der Waals surface area contributed by atoms with Crippen LogP contribution in [0, 0.1) is 0 Å². The summed E-state index contributed by atoms with van der Waals surface area (Å²) in [5.41, 5.74) is 5.48. The zero-order valence-corrected chi connectivity index (χ0v) is 10.8. The third kappa shape index (κ3) is 6.12. The van der Waals surface area contributed by atoms with Crippen molar-refractivity contribution in [2.45, 2.75) is 26.7 Å². The Morgan fingerprint density at radius 1 is 1.40 bits per heavy atom. The van der Waals surface area contributed by atoms with E-state index < -0.39 is 13.5 Å². The van der Waals surface area contributed by atoms with Gasteiger partial charge in [-0.1, -0.05) is 0 Å². The smallest absolute Gasteiger partial charge is 0.331 e. The van der Waals surface area contributed by atoms with Crippen molar-refractivity contribution in [3.63, 3.8) is 0 Å². The number of hydrogen-bond acceptors (Lipinski definition) is 5. The van der Waals surface area contributed by atoms with Gasteiger partial charge in [0.2, 0.25) is 5.91 Å². The lowest BCUT2D eigenvalue weighted by Gasteiger charge is -2.23. The predicted octanol–water partition coefficient (Wildman–Crippen LogP) is 1.05. The minimum Gasteiger partial charge on any atom is -0.331 e. The van der Waals surface area contributed by atoms with E-state index in [1.165, 1.54) is 6.92 Å². The summed E-state index contributed by atoms with van der Waals surface area (Å²) in [4.78, 5) is 10.7. The lowest BCUT2D eigenvalue weighted by molar-refractivity contribution is -0.119. The lowest BCUT2D eigenvalue weighted by atomic mass is 10.7. The minimum absolute atomic E-state index is 0. The maximum atomic E-state index is 11.9. The van der Waals surface area contributed by atoms with Crippen molar-refractivity contribution >= 4 is 25.9 Å². The van der Waals surface area contributed by atoms with Crippen molar-refractivity contribution in [3.8, 4) is 0 Å². The van der Waals surface area contributed by atoms with E-state index in [0.29, 0.717) is 0 Å². The van der Waals surface area contributed by atoms with E-state index in [2.05, 4.69) is 5.32 Å². The molecule has 0 aromatic rings. The largest absolute Gasteiger partial charge is 0.367 e. The summed E-state index contributed by atoms with van der Waals surface area (Å²) in [6.45, 7) is 5.05. The van der Waals surface area contributed by atoms with Gasteiger partial charge in [-0.15, -0.1) is 12.4 Å². The molecule has 1 atom stereocenters. The van der Waals surface area contributed by atoms with Gasteiger partial charge in [-0.05, 0) is 13.8 Å². The SMILES string of the molecule is CCOP(=O)(OCC)C(N)NC(C)=O.Cl. The van der Waals surface area contributed by atoms with Crippen molar-refractivity contribution in [2.24, 2.45) is 5.73 Å². The first-order valence-corrected chi connectivity index (χ1v) is 5.99. The molecule has 0 aliphatic rings. The van der Waals surface area contributed by atoms with Crippen LogP contribution in [0.4, 0.5) is 0 Å². The Morgan fingerprint density at radius 3 is 2.07 bits per heavy atom. The molecule has 3 N–H and O–H groups in total. The van der Waals surface area contributed by atoms with Crippen LogP contribution >= 0.6 is 20.0 Å². The molecule has 0 saturated carbocycles. The van der Waals surface area contributed by atoms with Crippen LogP contribution in [0.15, 0.2) is 0 Å². The molecule has 0 aliphatic carbocycles. The molecule has 0 saturated heterocycles. The highest BCUT2D eigenvalue weighted by molar-refractivity contribution is 7.54. The molecule has 1 unspecified atom stereocenters. The summed E-state index contributed by atoms with van der Waals surface area (Å²) in [6, 6.07) is 0. The number of hydrogen-bond donors (Lipinski definition) is 2. The van der Waals surface area contributed by atoms with Crippen LogP contribution < -0.4 is 11.1 Å². The molecule has 0 spiro atoms. The van der Waals surface area contributed by atoms with E-state index in [1.54, 1.807) is 13.8 Å². The Hall–Kier alpha value is -0.130. The fourth-order valence-corrected chi connectivity index (χ4v) is 2.30. The van der Waals surface area contributed by atoms with Gasteiger partial charge in [0.25, 0.3) is 0 Å². The van der Waals surface area contributed by atoms with Gasteiger partial charge in [0, 0.05) is 6.92 Å². The van der Waals surface area contributed by atoms with Crippen LogP contribution in [0.3, 0.4) is 0 Å². The Labute approximate surface area is 95.8 Å². The van der Waals surface area contributed by atoms with E-state index in [4.69, 9.17) is 14.8 Å². The van der Waals surface area contributed by atoms with Gasteiger partial charge in [0.15, 0.2) is 5.91 Å². The van der Waals surface area contributed by atoms with Crippen LogP contribution in [0.1, 0.15) is 20.8 Å². The standard InChI is InChI=1S/C7H17N2O4P.ClH/c1-4-12-14(11,13-5-2)7(8)9-6(3)10;/h7H,4-5,8H2,1-3H3,(H,9,10);1H. The fraction of sp³-hybridized carbons (Fsp3) is 0.857. The van der Waals surface area contributed by atoms with Crippen molar-refractivity contribution < 1.29 is 18.4 Å². The molecule has 0 aliphatic heterocycles. The van der Waals surface area contributed by atoms with Crippen LogP contribution in [0.2, 0.25) is 0 Å². The number of carbonyl (C=O) groups excluding carboxylic acids is 1. The second-order valence-corrected chi connectivity index (χ2v) is 4.67. The summed E-state index contributed by atoms with van der Waals surface area (Å²) in [6.07, 6.45) is 0. The van der Waals surface area contributed by atoms with Crippen LogP contribution in [-0.2, 0) is 18.4 Å². The molecule has 0 aromatic heterocycles. The summed E-state index contributed by atoms with van der Waals surface area (Å²) >= 11 is 0. The molecule has 6 nitrogen and oxygen atoms in total. The van der Waals surface area contributed by atoms with E-state index in [-0.39, 0.29) is 31.5 Å². The number of nitrogens with one attached hydrogen (secondary N) is 1. The van der Waals surface area contributed by atoms with Gasteiger partial charge >= 0.3 is 7.60 Å². The van der Waals surface area contributed by atoms with Crippen molar-refractivity contribution in [2.75, 3.05) is 13.2 Å². The predicted molar refractivity (Wildman–Crippen MR) is 59.9 cm³/mol. The highest BCUT2D eigenvalue weighted by atomic mass is 35.5. The number of amides is 1. The first kappa shape index (κ1) is 17.3. The summed E-state index contributed by atoms with van der Waals surface area (Å²) in [5.74, 6) is -1.49. The number of nitrogens with two attached hydrogens (primary N) is 1. The Kier molecular flexibility index (Phi) is 9.29. The van der Waals surface area contributed by atoms with Gasteiger partial charge in [0.05, 0.1) is 13.2 Å². The van der Waals surface area contributed by atoms with Crippen molar-refractivity contribution in [1.29, 1.82) is 0 Å². The summed E-state index contributed by atoms with van der Waals surface area (Å²) < 4.78 is 21.7. The molecular formula is C7H18ClN2O4P. The number of carbonyl (C=O) groups is 1. The van der Waals surface area contributed by atoms with Crippen LogP contribution in [0.5, 0.6) is 0 Å². The number of rotatable bonds is 6. The maximum absolute atomic E-state index is 11.9. The average molecular weight is 261 g/mol. The van der Waals surface area contributed by atoms with E-state index in [0.717, 1.165) is 0 Å². The molecule has 15 heavy (non-hydrogen) atoms. The lowest BCUT2D eigenvalue weighted by Crippen LogP contribution is -2.41. The third-order valence-electron chi connectivity index (χ3n) is 1.31. The van der Waals surface area contributed by atoms with Gasteiger partial charge in [-0.2, -0.15) is 0 Å². The second kappa shape index (κ2) is 8.07. The van der Waals surface area contributed by atoms with E-state index in [9.17, 15) is 9.36 Å². The number of halogens is 1.